The molecule has 0 aliphatic rings. The van der Waals surface area contributed by atoms with Gasteiger partial charge in [0, 0.05) is 6.04 Å². The van der Waals surface area contributed by atoms with Gasteiger partial charge in [0.15, 0.2) is 5.69 Å². The van der Waals surface area contributed by atoms with Gasteiger partial charge in [0.05, 0.1) is 6.54 Å². The van der Waals surface area contributed by atoms with E-state index in [0.717, 1.165) is 12.8 Å². The Kier molecular flexibility index (Phi) is 6.56. The van der Waals surface area contributed by atoms with Gasteiger partial charge in [0.2, 0.25) is 5.89 Å². The zero-order chi connectivity index (χ0) is 14.3. The van der Waals surface area contributed by atoms with Crippen molar-refractivity contribution in [1.82, 2.24) is 15.6 Å². The lowest BCUT2D eigenvalue weighted by Gasteiger charge is -2.13. The van der Waals surface area contributed by atoms with Gasteiger partial charge in [-0.1, -0.05) is 26.7 Å². The molecule has 0 aromatic carbocycles. The number of nitrogens with one attached hydrogen (secondary N) is 2. The molecule has 108 valence electrons. The van der Waals surface area contributed by atoms with E-state index < -0.39 is 0 Å². The predicted octanol–water partition coefficient (Wildman–Crippen LogP) is 2.34. The summed E-state index contributed by atoms with van der Waals surface area (Å²) in [5, 5.41) is 5.87. The van der Waals surface area contributed by atoms with Crippen molar-refractivity contribution < 1.29 is 9.21 Å². The summed E-state index contributed by atoms with van der Waals surface area (Å²) in [6.07, 6.45) is 4.72. The van der Waals surface area contributed by atoms with Crippen molar-refractivity contribution in [3.05, 3.63) is 17.8 Å². The fraction of sp³-hybridized carbons (Fsp3) is 0.714. The number of carbonyl (C=O) groups is 1. The van der Waals surface area contributed by atoms with Gasteiger partial charge in [0.25, 0.3) is 5.91 Å². The average Bonchev–Trinajstić information content (AvgIpc) is 2.77. The fourth-order valence-corrected chi connectivity index (χ4v) is 1.85. The summed E-state index contributed by atoms with van der Waals surface area (Å²) in [7, 11) is 1.81. The number of amides is 1. The predicted molar refractivity (Wildman–Crippen MR) is 74.9 cm³/mol. The summed E-state index contributed by atoms with van der Waals surface area (Å²) in [6, 6.07) is 0.163. The standard InChI is InChI=1S/C14H25N3O2/c1-10(2)6-5-7-11(3)16-14(18)12-9-19-13(17-12)8-15-4/h9-11,15H,5-8H2,1-4H3,(H,16,18). The molecule has 1 rings (SSSR count). The van der Waals surface area contributed by atoms with Crippen molar-refractivity contribution in [2.45, 2.75) is 52.6 Å². The molecule has 1 unspecified atom stereocenters. The number of rotatable bonds is 8. The van der Waals surface area contributed by atoms with E-state index in [1.54, 1.807) is 7.05 Å². The van der Waals surface area contributed by atoms with Crippen LogP contribution in [-0.2, 0) is 6.54 Å². The second kappa shape index (κ2) is 7.94. The van der Waals surface area contributed by atoms with Crippen molar-refractivity contribution >= 4 is 5.91 Å². The number of carbonyl (C=O) groups excluding carboxylic acids is 1. The summed E-state index contributed by atoms with van der Waals surface area (Å²) >= 11 is 0. The Labute approximate surface area is 115 Å². The second-order valence-corrected chi connectivity index (χ2v) is 5.36. The molecule has 0 fully saturated rings. The first-order valence-corrected chi connectivity index (χ1v) is 6.92. The van der Waals surface area contributed by atoms with Crippen molar-refractivity contribution in [3.63, 3.8) is 0 Å². The molecule has 0 aliphatic carbocycles. The van der Waals surface area contributed by atoms with Crippen molar-refractivity contribution in [3.8, 4) is 0 Å². The first-order chi connectivity index (χ1) is 9.02. The summed E-state index contributed by atoms with van der Waals surface area (Å²) in [4.78, 5) is 16.0. The molecule has 0 saturated carbocycles. The molecular formula is C14H25N3O2. The lowest BCUT2D eigenvalue weighted by Crippen LogP contribution is -2.32. The quantitative estimate of drug-likeness (QED) is 0.758. The largest absolute Gasteiger partial charge is 0.447 e. The number of hydrogen-bond donors (Lipinski definition) is 2. The molecule has 0 saturated heterocycles. The Bertz CT molecular complexity index is 388. The molecule has 5 nitrogen and oxygen atoms in total. The molecule has 0 aliphatic heterocycles. The minimum atomic E-state index is -0.164. The second-order valence-electron chi connectivity index (χ2n) is 5.36. The van der Waals surface area contributed by atoms with Crippen LogP contribution in [0.3, 0.4) is 0 Å². The van der Waals surface area contributed by atoms with Crippen LogP contribution in [0.15, 0.2) is 10.7 Å². The molecule has 1 heterocycles. The summed E-state index contributed by atoms with van der Waals surface area (Å²) in [6.45, 7) is 6.97. The zero-order valence-electron chi connectivity index (χ0n) is 12.3. The monoisotopic (exact) mass is 267 g/mol. The van der Waals surface area contributed by atoms with Crippen LogP contribution in [0.5, 0.6) is 0 Å². The third-order valence-electron chi connectivity index (χ3n) is 2.91. The minimum Gasteiger partial charge on any atom is -0.447 e. The number of hydrogen-bond acceptors (Lipinski definition) is 4. The number of oxazole rings is 1. The average molecular weight is 267 g/mol. The molecule has 1 amide bonds. The molecule has 0 spiro atoms. The van der Waals surface area contributed by atoms with Gasteiger partial charge >= 0.3 is 0 Å². The lowest BCUT2D eigenvalue weighted by atomic mass is 10.0. The lowest BCUT2D eigenvalue weighted by molar-refractivity contribution is 0.0932. The Balaban J connectivity index is 2.36. The van der Waals surface area contributed by atoms with Gasteiger partial charge < -0.3 is 15.1 Å². The maximum Gasteiger partial charge on any atom is 0.273 e. The fourth-order valence-electron chi connectivity index (χ4n) is 1.85. The van der Waals surface area contributed by atoms with Gasteiger partial charge in [-0.25, -0.2) is 4.98 Å². The topological polar surface area (TPSA) is 67.2 Å². The van der Waals surface area contributed by atoms with Gasteiger partial charge in [-0.05, 0) is 26.3 Å². The van der Waals surface area contributed by atoms with Crippen LogP contribution in [0, 0.1) is 5.92 Å². The van der Waals surface area contributed by atoms with E-state index in [1.807, 2.05) is 6.92 Å². The van der Waals surface area contributed by atoms with Gasteiger partial charge in [0.1, 0.15) is 6.26 Å². The molecule has 0 bridgehead atoms. The van der Waals surface area contributed by atoms with Crippen LogP contribution in [0.1, 0.15) is 56.4 Å². The third kappa shape index (κ3) is 5.87. The highest BCUT2D eigenvalue weighted by atomic mass is 16.3. The van der Waals surface area contributed by atoms with Gasteiger partial charge in [-0.3, -0.25) is 4.79 Å². The highest BCUT2D eigenvalue weighted by molar-refractivity contribution is 5.92. The SMILES string of the molecule is CNCc1nc(C(=O)NC(C)CCCC(C)C)co1. The van der Waals surface area contributed by atoms with Crippen molar-refractivity contribution in [2.75, 3.05) is 7.05 Å². The minimum absolute atomic E-state index is 0.163. The molecule has 1 aromatic heterocycles. The Morgan fingerprint density at radius 3 is 2.74 bits per heavy atom. The zero-order valence-corrected chi connectivity index (χ0v) is 12.3. The van der Waals surface area contributed by atoms with Gasteiger partial charge in [-0.15, -0.1) is 0 Å². The first kappa shape index (κ1) is 15.7. The van der Waals surface area contributed by atoms with Crippen molar-refractivity contribution in [1.29, 1.82) is 0 Å². The molecule has 5 heteroatoms. The van der Waals surface area contributed by atoms with Crippen LogP contribution in [-0.4, -0.2) is 24.0 Å². The molecule has 19 heavy (non-hydrogen) atoms. The third-order valence-corrected chi connectivity index (χ3v) is 2.91. The van der Waals surface area contributed by atoms with E-state index in [2.05, 4.69) is 29.5 Å². The Morgan fingerprint density at radius 2 is 2.11 bits per heavy atom. The van der Waals surface area contributed by atoms with E-state index >= 15 is 0 Å². The summed E-state index contributed by atoms with van der Waals surface area (Å²) in [5.41, 5.74) is 0.348. The van der Waals surface area contributed by atoms with Crippen LogP contribution >= 0.6 is 0 Å². The van der Waals surface area contributed by atoms with Crippen molar-refractivity contribution in [2.24, 2.45) is 5.92 Å². The van der Waals surface area contributed by atoms with Gasteiger partial charge in [-0.2, -0.15) is 0 Å². The highest BCUT2D eigenvalue weighted by Crippen LogP contribution is 2.09. The molecule has 1 atom stereocenters. The van der Waals surface area contributed by atoms with Crippen LogP contribution in [0.4, 0.5) is 0 Å². The summed E-state index contributed by atoms with van der Waals surface area (Å²) in [5.74, 6) is 1.07. The molecule has 0 radical (unpaired) electrons. The normalized spacial score (nSPS) is 12.7. The van der Waals surface area contributed by atoms with E-state index in [4.69, 9.17) is 4.42 Å². The van der Waals surface area contributed by atoms with Crippen LogP contribution in [0.2, 0.25) is 0 Å². The Hall–Kier alpha value is -1.36. The van der Waals surface area contributed by atoms with Crippen LogP contribution in [0.25, 0.3) is 0 Å². The first-order valence-electron chi connectivity index (χ1n) is 6.92. The van der Waals surface area contributed by atoms with Crippen LogP contribution < -0.4 is 10.6 Å². The molecule has 2 N–H and O–H groups in total. The van der Waals surface area contributed by atoms with E-state index in [0.29, 0.717) is 24.0 Å². The highest BCUT2D eigenvalue weighted by Gasteiger charge is 2.14. The number of aromatic nitrogens is 1. The maximum absolute atomic E-state index is 11.9. The van der Waals surface area contributed by atoms with E-state index in [9.17, 15) is 4.79 Å². The number of nitrogens with zero attached hydrogens (tertiary/aromatic N) is 1. The van der Waals surface area contributed by atoms with E-state index in [1.165, 1.54) is 12.7 Å². The smallest absolute Gasteiger partial charge is 0.273 e. The molecule has 1 aromatic rings. The molecular weight excluding hydrogens is 242 g/mol. The Morgan fingerprint density at radius 1 is 1.37 bits per heavy atom. The summed E-state index contributed by atoms with van der Waals surface area (Å²) < 4.78 is 5.19. The van der Waals surface area contributed by atoms with E-state index in [-0.39, 0.29) is 11.9 Å². The maximum atomic E-state index is 11.9.